The van der Waals surface area contributed by atoms with E-state index in [1.165, 1.54) is 180 Å². The Morgan fingerprint density at radius 3 is 1.00 bits per heavy atom. The molecular weight excluding hydrogens is 452 g/mol. The minimum Gasteiger partial charge on any atom is -0.469 e. The van der Waals surface area contributed by atoms with Crippen LogP contribution in [0.15, 0.2) is 12.2 Å². The van der Waals surface area contributed by atoms with Crippen LogP contribution in [0.2, 0.25) is 0 Å². The van der Waals surface area contributed by atoms with E-state index in [-0.39, 0.29) is 5.97 Å². The SMILES string of the molecule is CCCCCCCCCCCCCCCCCCCCCCCC/C=C\CCCCCCCC(=O)OC. The number of carbonyl (C=O) groups is 1. The summed E-state index contributed by atoms with van der Waals surface area (Å²) in [7, 11) is 1.47. The van der Waals surface area contributed by atoms with Crippen LogP contribution in [-0.2, 0) is 9.53 Å². The van der Waals surface area contributed by atoms with Crippen LogP contribution in [0.5, 0.6) is 0 Å². The Labute approximate surface area is 234 Å². The molecule has 0 amide bonds. The largest absolute Gasteiger partial charge is 0.469 e. The topological polar surface area (TPSA) is 26.3 Å². The summed E-state index contributed by atoms with van der Waals surface area (Å²) in [5.74, 6) is -0.0710. The molecule has 0 rings (SSSR count). The van der Waals surface area contributed by atoms with Crippen molar-refractivity contribution in [3.8, 4) is 0 Å². The minimum absolute atomic E-state index is 0.0710. The summed E-state index contributed by atoms with van der Waals surface area (Å²) in [6.07, 6.45) is 45.8. The molecule has 0 saturated carbocycles. The van der Waals surface area contributed by atoms with Gasteiger partial charge in [0.05, 0.1) is 7.11 Å². The van der Waals surface area contributed by atoms with E-state index in [0.29, 0.717) is 6.42 Å². The van der Waals surface area contributed by atoms with Crippen molar-refractivity contribution in [1.29, 1.82) is 0 Å². The van der Waals surface area contributed by atoms with Crippen molar-refractivity contribution in [3.63, 3.8) is 0 Å². The fraction of sp³-hybridized carbons (Fsp3) is 0.914. The quantitative estimate of drug-likeness (QED) is 0.0516. The van der Waals surface area contributed by atoms with Crippen molar-refractivity contribution >= 4 is 5.97 Å². The molecule has 0 aromatic rings. The third-order valence-corrected chi connectivity index (χ3v) is 7.87. The van der Waals surface area contributed by atoms with Gasteiger partial charge in [-0.25, -0.2) is 0 Å². The highest BCUT2D eigenvalue weighted by molar-refractivity contribution is 5.68. The zero-order chi connectivity index (χ0) is 26.9. The molecule has 0 aliphatic carbocycles. The van der Waals surface area contributed by atoms with E-state index in [9.17, 15) is 4.79 Å². The van der Waals surface area contributed by atoms with Gasteiger partial charge in [0.25, 0.3) is 0 Å². The van der Waals surface area contributed by atoms with E-state index in [1.54, 1.807) is 0 Å². The minimum atomic E-state index is -0.0710. The van der Waals surface area contributed by atoms with Gasteiger partial charge in [0.1, 0.15) is 0 Å². The van der Waals surface area contributed by atoms with Crippen LogP contribution in [0, 0.1) is 0 Å². The van der Waals surface area contributed by atoms with E-state index in [2.05, 4.69) is 23.8 Å². The molecule has 0 atom stereocenters. The van der Waals surface area contributed by atoms with Crippen molar-refractivity contribution in [2.24, 2.45) is 0 Å². The number of unbranched alkanes of at least 4 members (excludes halogenated alkanes) is 27. The number of ether oxygens (including phenoxy) is 1. The molecule has 0 aliphatic rings. The highest BCUT2D eigenvalue weighted by Crippen LogP contribution is 2.15. The summed E-state index contributed by atoms with van der Waals surface area (Å²) in [6, 6.07) is 0. The van der Waals surface area contributed by atoms with Gasteiger partial charge in [-0.15, -0.1) is 0 Å². The summed E-state index contributed by atoms with van der Waals surface area (Å²) < 4.78 is 4.67. The van der Waals surface area contributed by atoms with Gasteiger partial charge < -0.3 is 4.74 Å². The fourth-order valence-electron chi connectivity index (χ4n) is 5.27. The number of allylic oxidation sites excluding steroid dienone is 2. The molecule has 0 heterocycles. The Balaban J connectivity index is 3.09. The average molecular weight is 521 g/mol. The van der Waals surface area contributed by atoms with E-state index in [4.69, 9.17) is 0 Å². The van der Waals surface area contributed by atoms with Crippen LogP contribution in [0.25, 0.3) is 0 Å². The van der Waals surface area contributed by atoms with E-state index in [1.807, 2.05) is 0 Å². The number of rotatable bonds is 31. The Hall–Kier alpha value is -0.790. The normalized spacial score (nSPS) is 11.5. The highest BCUT2D eigenvalue weighted by Gasteiger charge is 1.99. The number of carbonyl (C=O) groups excluding carboxylic acids is 1. The summed E-state index contributed by atoms with van der Waals surface area (Å²) in [4.78, 5) is 11.0. The Morgan fingerprint density at radius 2 is 0.703 bits per heavy atom. The van der Waals surface area contributed by atoms with E-state index < -0.39 is 0 Å². The van der Waals surface area contributed by atoms with Crippen molar-refractivity contribution in [1.82, 2.24) is 0 Å². The number of hydrogen-bond donors (Lipinski definition) is 0. The molecule has 0 aromatic heterocycles. The first-order chi connectivity index (χ1) is 18.3. The Bertz CT molecular complexity index is 456. The second kappa shape index (κ2) is 33.2. The number of hydrogen-bond acceptors (Lipinski definition) is 2. The predicted molar refractivity (Wildman–Crippen MR) is 165 cm³/mol. The van der Waals surface area contributed by atoms with Crippen molar-refractivity contribution < 1.29 is 9.53 Å². The summed E-state index contributed by atoms with van der Waals surface area (Å²) in [5.41, 5.74) is 0. The molecule has 0 fully saturated rings. The first-order valence-corrected chi connectivity index (χ1v) is 17.0. The molecule has 37 heavy (non-hydrogen) atoms. The second-order valence-corrected chi connectivity index (χ2v) is 11.6. The Kier molecular flexibility index (Phi) is 32.5. The van der Waals surface area contributed by atoms with Gasteiger partial charge in [0.2, 0.25) is 0 Å². The lowest BCUT2D eigenvalue weighted by Gasteiger charge is -2.04. The molecule has 2 heteroatoms. The summed E-state index contributed by atoms with van der Waals surface area (Å²) in [5, 5.41) is 0. The first kappa shape index (κ1) is 36.2. The molecular formula is C35H68O2. The fourth-order valence-corrected chi connectivity index (χ4v) is 5.27. The third kappa shape index (κ3) is 33.2. The molecule has 0 saturated heterocycles. The molecule has 220 valence electrons. The van der Waals surface area contributed by atoms with E-state index >= 15 is 0 Å². The van der Waals surface area contributed by atoms with Crippen LogP contribution >= 0.6 is 0 Å². The van der Waals surface area contributed by atoms with Gasteiger partial charge in [-0.2, -0.15) is 0 Å². The summed E-state index contributed by atoms with van der Waals surface area (Å²) >= 11 is 0. The van der Waals surface area contributed by atoms with Gasteiger partial charge in [0, 0.05) is 6.42 Å². The van der Waals surface area contributed by atoms with Gasteiger partial charge >= 0.3 is 5.97 Å². The lowest BCUT2D eigenvalue weighted by Crippen LogP contribution is -1.98. The monoisotopic (exact) mass is 521 g/mol. The van der Waals surface area contributed by atoms with Crippen LogP contribution in [0.1, 0.15) is 200 Å². The maximum absolute atomic E-state index is 11.0. The molecule has 0 bridgehead atoms. The predicted octanol–water partition coefficient (Wildman–Crippen LogP) is 12.4. The van der Waals surface area contributed by atoms with Gasteiger partial charge in [-0.1, -0.05) is 173 Å². The van der Waals surface area contributed by atoms with Crippen molar-refractivity contribution in [2.45, 2.75) is 200 Å². The maximum Gasteiger partial charge on any atom is 0.305 e. The maximum atomic E-state index is 11.0. The molecule has 0 radical (unpaired) electrons. The lowest BCUT2D eigenvalue weighted by molar-refractivity contribution is -0.140. The average Bonchev–Trinajstić information content (AvgIpc) is 2.91. The number of methoxy groups -OCH3 is 1. The molecule has 2 nitrogen and oxygen atoms in total. The Morgan fingerprint density at radius 1 is 0.432 bits per heavy atom. The lowest BCUT2D eigenvalue weighted by atomic mass is 10.0. The molecule has 0 unspecified atom stereocenters. The number of esters is 1. The zero-order valence-electron chi connectivity index (χ0n) is 25.7. The standard InChI is InChI=1S/C35H68O2/c1-3-4-5-6-7-8-9-10-11-12-13-14-15-16-17-18-19-20-21-22-23-24-25-26-27-28-29-30-31-32-33-34-35(36)37-2/h26-27H,3-25,28-34H2,1-2H3/b27-26-. The van der Waals surface area contributed by atoms with E-state index in [0.717, 1.165) is 12.8 Å². The first-order valence-electron chi connectivity index (χ1n) is 17.0. The van der Waals surface area contributed by atoms with Crippen LogP contribution < -0.4 is 0 Å². The van der Waals surface area contributed by atoms with Crippen molar-refractivity contribution in [3.05, 3.63) is 12.2 Å². The smallest absolute Gasteiger partial charge is 0.305 e. The van der Waals surface area contributed by atoms with Crippen LogP contribution in [-0.4, -0.2) is 13.1 Å². The van der Waals surface area contributed by atoms with Gasteiger partial charge in [-0.3, -0.25) is 4.79 Å². The third-order valence-electron chi connectivity index (χ3n) is 7.87. The highest BCUT2D eigenvalue weighted by atomic mass is 16.5. The van der Waals surface area contributed by atoms with Gasteiger partial charge in [-0.05, 0) is 32.1 Å². The van der Waals surface area contributed by atoms with Gasteiger partial charge in [0.15, 0.2) is 0 Å². The van der Waals surface area contributed by atoms with Crippen molar-refractivity contribution in [2.75, 3.05) is 7.11 Å². The van der Waals surface area contributed by atoms with Crippen LogP contribution in [0.4, 0.5) is 0 Å². The van der Waals surface area contributed by atoms with Crippen LogP contribution in [0.3, 0.4) is 0 Å². The second-order valence-electron chi connectivity index (χ2n) is 11.6. The zero-order valence-corrected chi connectivity index (χ0v) is 25.7. The summed E-state index contributed by atoms with van der Waals surface area (Å²) in [6.45, 7) is 2.30. The molecule has 0 aliphatic heterocycles. The molecule has 0 N–H and O–H groups in total. The molecule has 0 aromatic carbocycles. The molecule has 0 spiro atoms.